The Hall–Kier alpha value is -0.570. The van der Waals surface area contributed by atoms with Crippen LogP contribution >= 0.6 is 0 Å². The van der Waals surface area contributed by atoms with Gasteiger partial charge in [-0.25, -0.2) is 0 Å². The summed E-state index contributed by atoms with van der Waals surface area (Å²) in [5.74, 6) is 0.729. The first-order chi connectivity index (χ1) is 6.18. The fourth-order valence-electron chi connectivity index (χ4n) is 3.41. The van der Waals surface area contributed by atoms with Crippen molar-refractivity contribution in [2.45, 2.75) is 32.1 Å². The SMILES string of the molecule is NC[C@@]1(CC(=O)O)C[C@@H]2CCCC21. The van der Waals surface area contributed by atoms with E-state index in [1.165, 1.54) is 19.3 Å². The number of carbonyl (C=O) groups is 1. The van der Waals surface area contributed by atoms with Gasteiger partial charge in [-0.1, -0.05) is 12.8 Å². The molecule has 2 fully saturated rings. The van der Waals surface area contributed by atoms with E-state index < -0.39 is 5.97 Å². The third kappa shape index (κ3) is 1.26. The summed E-state index contributed by atoms with van der Waals surface area (Å²) in [6.07, 6.45) is 5.11. The highest BCUT2D eigenvalue weighted by Crippen LogP contribution is 2.60. The third-order valence-corrected chi connectivity index (χ3v) is 4.02. The van der Waals surface area contributed by atoms with Crippen LogP contribution in [-0.2, 0) is 4.79 Å². The van der Waals surface area contributed by atoms with Gasteiger partial charge in [0.15, 0.2) is 0 Å². The van der Waals surface area contributed by atoms with E-state index in [4.69, 9.17) is 10.8 Å². The molecule has 2 aliphatic carbocycles. The molecule has 3 N–H and O–H groups in total. The Bertz CT molecular complexity index is 229. The molecule has 0 bridgehead atoms. The van der Waals surface area contributed by atoms with E-state index in [0.29, 0.717) is 12.5 Å². The number of fused-ring (bicyclic) bond motifs is 1. The van der Waals surface area contributed by atoms with Gasteiger partial charge in [-0.05, 0) is 36.6 Å². The predicted octanol–water partition coefficient (Wildman–Crippen LogP) is 1.23. The molecule has 0 amide bonds. The lowest BCUT2D eigenvalue weighted by Gasteiger charge is -2.51. The molecule has 13 heavy (non-hydrogen) atoms. The Labute approximate surface area is 78.3 Å². The Morgan fingerprint density at radius 1 is 1.54 bits per heavy atom. The standard InChI is InChI=1S/C10H17NO2/c11-6-10(5-9(12)13)4-7-2-1-3-8(7)10/h7-8H,1-6,11H2,(H,12,13)/t7-,8?,10-/m0/s1. The minimum Gasteiger partial charge on any atom is -0.481 e. The molecule has 0 saturated heterocycles. The lowest BCUT2D eigenvalue weighted by Crippen LogP contribution is -2.51. The van der Waals surface area contributed by atoms with Gasteiger partial charge in [-0.3, -0.25) is 4.79 Å². The normalized spacial score (nSPS) is 42.5. The lowest BCUT2D eigenvalue weighted by molar-refractivity contribution is -0.145. The average Bonchev–Trinajstić information content (AvgIpc) is 2.43. The highest BCUT2D eigenvalue weighted by molar-refractivity contribution is 5.68. The van der Waals surface area contributed by atoms with Gasteiger partial charge in [-0.2, -0.15) is 0 Å². The lowest BCUT2D eigenvalue weighted by atomic mass is 9.53. The summed E-state index contributed by atoms with van der Waals surface area (Å²) < 4.78 is 0. The Morgan fingerprint density at radius 2 is 2.31 bits per heavy atom. The summed E-state index contributed by atoms with van der Waals surface area (Å²) in [6, 6.07) is 0. The van der Waals surface area contributed by atoms with Crippen molar-refractivity contribution < 1.29 is 9.90 Å². The molecule has 3 heteroatoms. The molecule has 1 unspecified atom stereocenters. The molecular formula is C10H17NO2. The molecule has 0 aromatic carbocycles. The molecule has 0 aliphatic heterocycles. The predicted molar refractivity (Wildman–Crippen MR) is 49.2 cm³/mol. The maximum absolute atomic E-state index is 10.7. The molecule has 0 aromatic heterocycles. The summed E-state index contributed by atoms with van der Waals surface area (Å²) in [7, 11) is 0. The summed E-state index contributed by atoms with van der Waals surface area (Å²) >= 11 is 0. The van der Waals surface area contributed by atoms with Crippen LogP contribution in [0.5, 0.6) is 0 Å². The molecule has 2 rings (SSSR count). The van der Waals surface area contributed by atoms with E-state index in [-0.39, 0.29) is 11.8 Å². The second-order valence-corrected chi connectivity index (χ2v) is 4.64. The fourth-order valence-corrected chi connectivity index (χ4v) is 3.41. The molecule has 3 atom stereocenters. The Morgan fingerprint density at radius 3 is 2.85 bits per heavy atom. The third-order valence-electron chi connectivity index (χ3n) is 4.02. The van der Waals surface area contributed by atoms with Crippen molar-refractivity contribution in [1.82, 2.24) is 0 Å². The van der Waals surface area contributed by atoms with E-state index in [2.05, 4.69) is 0 Å². The number of hydrogen-bond acceptors (Lipinski definition) is 2. The molecule has 0 aromatic rings. The molecule has 2 aliphatic rings. The minimum absolute atomic E-state index is 0.0347. The first-order valence-electron chi connectivity index (χ1n) is 5.10. The summed E-state index contributed by atoms with van der Waals surface area (Å²) in [5.41, 5.74) is 5.68. The van der Waals surface area contributed by atoms with Gasteiger partial charge in [0.1, 0.15) is 0 Å². The molecule has 0 radical (unpaired) electrons. The topological polar surface area (TPSA) is 63.3 Å². The highest BCUT2D eigenvalue weighted by atomic mass is 16.4. The number of nitrogens with two attached hydrogens (primary N) is 1. The monoisotopic (exact) mass is 183 g/mol. The van der Waals surface area contributed by atoms with Gasteiger partial charge < -0.3 is 10.8 Å². The summed E-state index contributed by atoms with van der Waals surface area (Å²) in [6.45, 7) is 0.556. The Balaban J connectivity index is 2.05. The molecule has 74 valence electrons. The first kappa shape index (κ1) is 9.00. The van der Waals surface area contributed by atoms with Crippen LogP contribution in [-0.4, -0.2) is 17.6 Å². The average molecular weight is 183 g/mol. The largest absolute Gasteiger partial charge is 0.481 e. The van der Waals surface area contributed by atoms with Crippen molar-refractivity contribution >= 4 is 5.97 Å². The quantitative estimate of drug-likeness (QED) is 0.691. The summed E-state index contributed by atoms with van der Waals surface area (Å²) in [5, 5.41) is 8.81. The van der Waals surface area contributed by atoms with E-state index in [9.17, 15) is 4.79 Å². The van der Waals surface area contributed by atoms with Crippen LogP contribution in [0.3, 0.4) is 0 Å². The fraction of sp³-hybridized carbons (Fsp3) is 0.900. The number of aliphatic carboxylic acids is 1. The van der Waals surface area contributed by atoms with Crippen LogP contribution in [0.1, 0.15) is 32.1 Å². The molecular weight excluding hydrogens is 166 g/mol. The van der Waals surface area contributed by atoms with Crippen molar-refractivity contribution in [3.63, 3.8) is 0 Å². The van der Waals surface area contributed by atoms with Gasteiger partial charge >= 0.3 is 5.97 Å². The second-order valence-electron chi connectivity index (χ2n) is 4.64. The number of carboxylic acids is 1. The maximum atomic E-state index is 10.7. The van der Waals surface area contributed by atoms with Crippen molar-refractivity contribution in [3.05, 3.63) is 0 Å². The van der Waals surface area contributed by atoms with Crippen molar-refractivity contribution in [3.8, 4) is 0 Å². The van der Waals surface area contributed by atoms with Gasteiger partial charge in [-0.15, -0.1) is 0 Å². The number of carboxylic acid groups (broad SMARTS) is 1. The first-order valence-corrected chi connectivity index (χ1v) is 5.10. The van der Waals surface area contributed by atoms with Gasteiger partial charge in [0, 0.05) is 0 Å². The van der Waals surface area contributed by atoms with Gasteiger partial charge in [0.25, 0.3) is 0 Å². The molecule has 2 saturated carbocycles. The van der Waals surface area contributed by atoms with Crippen LogP contribution < -0.4 is 5.73 Å². The Kier molecular flexibility index (Phi) is 2.06. The molecule has 0 heterocycles. The van der Waals surface area contributed by atoms with E-state index in [1.54, 1.807) is 0 Å². The highest BCUT2D eigenvalue weighted by Gasteiger charge is 2.55. The number of hydrogen-bond donors (Lipinski definition) is 2. The zero-order valence-corrected chi connectivity index (χ0v) is 7.83. The van der Waals surface area contributed by atoms with Crippen LogP contribution in [0.2, 0.25) is 0 Å². The smallest absolute Gasteiger partial charge is 0.303 e. The van der Waals surface area contributed by atoms with Crippen molar-refractivity contribution in [2.75, 3.05) is 6.54 Å². The van der Waals surface area contributed by atoms with Crippen molar-refractivity contribution in [2.24, 2.45) is 23.0 Å². The maximum Gasteiger partial charge on any atom is 0.303 e. The van der Waals surface area contributed by atoms with Crippen molar-refractivity contribution in [1.29, 1.82) is 0 Å². The minimum atomic E-state index is -0.684. The van der Waals surface area contributed by atoms with Crippen LogP contribution in [0.4, 0.5) is 0 Å². The van der Waals surface area contributed by atoms with Crippen LogP contribution in [0.25, 0.3) is 0 Å². The van der Waals surface area contributed by atoms with E-state index >= 15 is 0 Å². The summed E-state index contributed by atoms with van der Waals surface area (Å²) in [4.78, 5) is 10.7. The van der Waals surface area contributed by atoms with E-state index in [0.717, 1.165) is 12.3 Å². The zero-order valence-electron chi connectivity index (χ0n) is 7.83. The van der Waals surface area contributed by atoms with Crippen LogP contribution in [0.15, 0.2) is 0 Å². The van der Waals surface area contributed by atoms with E-state index in [1.807, 2.05) is 0 Å². The second kappa shape index (κ2) is 2.98. The zero-order chi connectivity index (χ0) is 9.47. The number of rotatable bonds is 3. The van der Waals surface area contributed by atoms with Gasteiger partial charge in [0.2, 0.25) is 0 Å². The molecule has 0 spiro atoms. The van der Waals surface area contributed by atoms with Gasteiger partial charge in [0.05, 0.1) is 6.42 Å². The molecule has 3 nitrogen and oxygen atoms in total. The van der Waals surface area contributed by atoms with Crippen LogP contribution in [0, 0.1) is 17.3 Å².